The van der Waals surface area contributed by atoms with Gasteiger partial charge in [0.05, 0.1) is 11.9 Å². The van der Waals surface area contributed by atoms with Gasteiger partial charge in [-0.1, -0.05) is 11.8 Å². The van der Waals surface area contributed by atoms with E-state index in [4.69, 9.17) is 0 Å². The molecule has 0 fully saturated rings. The van der Waals surface area contributed by atoms with Crippen LogP contribution in [0.1, 0.15) is 6.92 Å². The highest BCUT2D eigenvalue weighted by Gasteiger charge is 2.09. The minimum absolute atomic E-state index is 0.00358. The number of fused-ring (bicyclic) bond motifs is 1. The number of carbonyl (C=O) groups excluding carboxylic acids is 1. The molecule has 0 saturated carbocycles. The summed E-state index contributed by atoms with van der Waals surface area (Å²) in [5, 5.41) is 6.49. The predicted octanol–water partition coefficient (Wildman–Crippen LogP) is 0.999. The van der Waals surface area contributed by atoms with Gasteiger partial charge in [0.15, 0.2) is 5.65 Å². The topological polar surface area (TPSA) is 71.3 Å². The summed E-state index contributed by atoms with van der Waals surface area (Å²) in [5.41, 5.74) is 0.767. The average molecular weight is 265 g/mol. The molecule has 0 atom stereocenters. The van der Waals surface area contributed by atoms with Gasteiger partial charge in [0.25, 0.3) is 0 Å². The SMILES string of the molecule is CCNC(=O)CSc1nc(NC)cn2ccnc12. The molecule has 0 aromatic carbocycles. The number of anilines is 1. The van der Waals surface area contributed by atoms with Crippen molar-refractivity contribution in [3.63, 3.8) is 0 Å². The van der Waals surface area contributed by atoms with Crippen LogP contribution in [0.4, 0.5) is 5.82 Å². The molecule has 0 radical (unpaired) electrons. The van der Waals surface area contributed by atoms with Crippen molar-refractivity contribution in [2.45, 2.75) is 11.9 Å². The molecule has 18 heavy (non-hydrogen) atoms. The third-order valence-electron chi connectivity index (χ3n) is 2.31. The normalized spacial score (nSPS) is 10.6. The van der Waals surface area contributed by atoms with Crippen molar-refractivity contribution in [2.75, 3.05) is 24.7 Å². The summed E-state index contributed by atoms with van der Waals surface area (Å²) in [6.45, 7) is 2.54. The Balaban J connectivity index is 2.20. The van der Waals surface area contributed by atoms with E-state index in [1.54, 1.807) is 6.20 Å². The molecule has 2 rings (SSSR count). The van der Waals surface area contributed by atoms with Gasteiger partial charge in [-0.2, -0.15) is 0 Å². The molecule has 2 aromatic heterocycles. The van der Waals surface area contributed by atoms with E-state index in [1.807, 2.05) is 30.8 Å². The summed E-state index contributed by atoms with van der Waals surface area (Å²) >= 11 is 1.39. The predicted molar refractivity (Wildman–Crippen MR) is 71.9 cm³/mol. The van der Waals surface area contributed by atoms with Crippen LogP contribution in [0, 0.1) is 0 Å². The van der Waals surface area contributed by atoms with Crippen molar-refractivity contribution in [2.24, 2.45) is 0 Å². The van der Waals surface area contributed by atoms with Crippen molar-refractivity contribution in [1.82, 2.24) is 19.7 Å². The maximum atomic E-state index is 11.4. The molecule has 7 heteroatoms. The van der Waals surface area contributed by atoms with E-state index in [-0.39, 0.29) is 5.91 Å². The third kappa shape index (κ3) is 2.73. The van der Waals surface area contributed by atoms with Gasteiger partial charge in [-0.3, -0.25) is 4.79 Å². The first-order chi connectivity index (χ1) is 8.74. The maximum absolute atomic E-state index is 11.4. The van der Waals surface area contributed by atoms with E-state index < -0.39 is 0 Å². The summed E-state index contributed by atoms with van der Waals surface area (Å²) in [6, 6.07) is 0. The Morgan fingerprint density at radius 1 is 1.56 bits per heavy atom. The molecule has 0 aliphatic heterocycles. The Morgan fingerprint density at radius 2 is 2.39 bits per heavy atom. The van der Waals surface area contributed by atoms with Gasteiger partial charge in [0.2, 0.25) is 5.91 Å². The number of hydrogen-bond donors (Lipinski definition) is 2. The number of amides is 1. The Kier molecular flexibility index (Phi) is 4.03. The van der Waals surface area contributed by atoms with Crippen molar-refractivity contribution >= 4 is 29.1 Å². The lowest BCUT2D eigenvalue weighted by Gasteiger charge is -2.06. The second-order valence-corrected chi connectivity index (χ2v) is 4.55. The molecular formula is C11H15N5OS. The first kappa shape index (κ1) is 12.7. The number of imidazole rings is 1. The van der Waals surface area contributed by atoms with Crippen LogP contribution in [0.5, 0.6) is 0 Å². The van der Waals surface area contributed by atoms with Crippen LogP contribution in [0.25, 0.3) is 5.65 Å². The molecule has 2 N–H and O–H groups in total. The molecule has 0 unspecified atom stereocenters. The summed E-state index contributed by atoms with van der Waals surface area (Å²) in [4.78, 5) is 20.1. The minimum Gasteiger partial charge on any atom is -0.372 e. The second kappa shape index (κ2) is 5.72. The van der Waals surface area contributed by atoms with Crippen molar-refractivity contribution in [3.05, 3.63) is 18.6 Å². The highest BCUT2D eigenvalue weighted by atomic mass is 32.2. The zero-order chi connectivity index (χ0) is 13.0. The van der Waals surface area contributed by atoms with Gasteiger partial charge in [-0.25, -0.2) is 9.97 Å². The van der Waals surface area contributed by atoms with E-state index in [9.17, 15) is 4.79 Å². The number of hydrogen-bond acceptors (Lipinski definition) is 5. The summed E-state index contributed by atoms with van der Waals surface area (Å²) in [6.07, 6.45) is 5.43. The molecule has 0 aliphatic rings. The largest absolute Gasteiger partial charge is 0.372 e. The van der Waals surface area contributed by atoms with Crippen LogP contribution >= 0.6 is 11.8 Å². The van der Waals surface area contributed by atoms with E-state index in [0.717, 1.165) is 16.5 Å². The van der Waals surface area contributed by atoms with Gasteiger partial charge < -0.3 is 15.0 Å². The number of nitrogens with zero attached hydrogens (tertiary/aromatic N) is 3. The van der Waals surface area contributed by atoms with Crippen LogP contribution < -0.4 is 10.6 Å². The van der Waals surface area contributed by atoms with Gasteiger partial charge >= 0.3 is 0 Å². The Hall–Kier alpha value is -1.76. The number of aromatic nitrogens is 3. The fourth-order valence-electron chi connectivity index (χ4n) is 1.50. The first-order valence-electron chi connectivity index (χ1n) is 5.65. The molecule has 2 heterocycles. The Morgan fingerprint density at radius 3 is 3.11 bits per heavy atom. The number of thioether (sulfide) groups is 1. The highest BCUT2D eigenvalue weighted by Crippen LogP contribution is 2.22. The number of nitrogens with one attached hydrogen (secondary N) is 2. The zero-order valence-electron chi connectivity index (χ0n) is 10.3. The lowest BCUT2D eigenvalue weighted by Crippen LogP contribution is -2.24. The van der Waals surface area contributed by atoms with E-state index in [2.05, 4.69) is 20.6 Å². The van der Waals surface area contributed by atoms with E-state index in [0.29, 0.717) is 12.3 Å². The smallest absolute Gasteiger partial charge is 0.230 e. The van der Waals surface area contributed by atoms with Crippen LogP contribution in [0.2, 0.25) is 0 Å². The fourth-order valence-corrected chi connectivity index (χ4v) is 2.32. The monoisotopic (exact) mass is 265 g/mol. The molecule has 0 spiro atoms. The van der Waals surface area contributed by atoms with Crippen LogP contribution in [0.3, 0.4) is 0 Å². The minimum atomic E-state index is 0.00358. The quantitative estimate of drug-likeness (QED) is 0.789. The fraction of sp³-hybridized carbons (Fsp3) is 0.364. The molecule has 0 bridgehead atoms. The Labute approximate surface area is 109 Å². The van der Waals surface area contributed by atoms with Crippen LogP contribution in [-0.2, 0) is 4.79 Å². The Bertz CT molecular complexity index is 553. The maximum Gasteiger partial charge on any atom is 0.230 e. The van der Waals surface area contributed by atoms with E-state index >= 15 is 0 Å². The number of carbonyl (C=O) groups is 1. The highest BCUT2D eigenvalue weighted by molar-refractivity contribution is 8.00. The van der Waals surface area contributed by atoms with Gasteiger partial charge in [-0.05, 0) is 6.92 Å². The third-order valence-corrected chi connectivity index (χ3v) is 3.27. The zero-order valence-corrected chi connectivity index (χ0v) is 11.1. The molecule has 1 amide bonds. The van der Waals surface area contributed by atoms with Gasteiger partial charge in [0, 0.05) is 26.0 Å². The molecule has 2 aromatic rings. The molecule has 0 saturated heterocycles. The summed E-state index contributed by atoms with van der Waals surface area (Å²) in [7, 11) is 1.81. The van der Waals surface area contributed by atoms with Gasteiger partial charge in [0.1, 0.15) is 10.8 Å². The molecule has 0 aliphatic carbocycles. The second-order valence-electron chi connectivity index (χ2n) is 3.58. The molecule has 6 nitrogen and oxygen atoms in total. The van der Waals surface area contributed by atoms with E-state index in [1.165, 1.54) is 11.8 Å². The molecular weight excluding hydrogens is 250 g/mol. The van der Waals surface area contributed by atoms with Gasteiger partial charge in [-0.15, -0.1) is 0 Å². The lowest BCUT2D eigenvalue weighted by molar-refractivity contribution is -0.118. The summed E-state index contributed by atoms with van der Waals surface area (Å²) < 4.78 is 1.89. The lowest BCUT2D eigenvalue weighted by atomic mass is 10.6. The van der Waals surface area contributed by atoms with Crippen molar-refractivity contribution in [1.29, 1.82) is 0 Å². The van der Waals surface area contributed by atoms with Crippen LogP contribution in [0.15, 0.2) is 23.6 Å². The first-order valence-corrected chi connectivity index (χ1v) is 6.64. The van der Waals surface area contributed by atoms with Crippen molar-refractivity contribution < 1.29 is 4.79 Å². The van der Waals surface area contributed by atoms with Crippen molar-refractivity contribution in [3.8, 4) is 0 Å². The van der Waals surface area contributed by atoms with Crippen LogP contribution in [-0.4, -0.2) is 39.6 Å². The average Bonchev–Trinajstić information content (AvgIpc) is 2.84. The standard InChI is InChI=1S/C11H15N5OS/c1-3-13-9(17)7-18-11-10-14-4-5-16(10)6-8(12-2)15-11/h4-6,12H,3,7H2,1-2H3,(H,13,17). The number of rotatable bonds is 5. The summed E-state index contributed by atoms with van der Waals surface area (Å²) in [5.74, 6) is 1.10. The molecule has 96 valence electrons.